The summed E-state index contributed by atoms with van der Waals surface area (Å²) in [4.78, 5) is 0. The second-order valence-electron chi connectivity index (χ2n) is 19.7. The van der Waals surface area contributed by atoms with Crippen LogP contribution in [-0.4, -0.2) is 13.4 Å². The van der Waals surface area contributed by atoms with Crippen LogP contribution in [0.15, 0.2) is 267 Å². The van der Waals surface area contributed by atoms with Crippen LogP contribution in [-0.2, 0) is 0 Å². The molecule has 0 nitrogen and oxygen atoms in total. The Balaban J connectivity index is 1.19. The largest absolute Gasteiger partial charge is 0.246 e. The lowest BCUT2D eigenvalue weighted by Crippen LogP contribution is -2.56. The van der Waals surface area contributed by atoms with Crippen molar-refractivity contribution in [2.45, 2.75) is 0 Å². The van der Waals surface area contributed by atoms with Crippen LogP contribution in [0.2, 0.25) is 0 Å². The van der Waals surface area contributed by atoms with Gasteiger partial charge in [-0.15, -0.1) is 0 Å². The predicted molar refractivity (Wildman–Crippen MR) is 317 cm³/mol. The molecule has 0 bridgehead atoms. The molecule has 15 rings (SSSR count). The van der Waals surface area contributed by atoms with Crippen molar-refractivity contribution in [3.8, 4) is 0 Å². The molecule has 0 aliphatic heterocycles. The van der Waals surface area contributed by atoms with Gasteiger partial charge in [-0.25, -0.2) is 0 Å². The maximum Gasteiger partial charge on any atom is 0.246 e. The van der Waals surface area contributed by atoms with Crippen molar-refractivity contribution in [3.63, 3.8) is 0 Å². The van der Waals surface area contributed by atoms with E-state index >= 15 is 0 Å². The normalized spacial score (nSPS) is 11.9. The molecule has 0 aliphatic carbocycles. The second kappa shape index (κ2) is 16.3. The van der Waals surface area contributed by atoms with Gasteiger partial charge in [-0.2, -0.15) is 0 Å². The van der Waals surface area contributed by atoms with Gasteiger partial charge >= 0.3 is 0 Å². The zero-order chi connectivity index (χ0) is 47.3. The molecule has 0 amide bonds. The summed E-state index contributed by atoms with van der Waals surface area (Å²) in [5.41, 5.74) is 8.01. The van der Waals surface area contributed by atoms with E-state index in [1.807, 2.05) is 0 Å². The Morgan fingerprint density at radius 3 is 0.431 bits per heavy atom. The first-order valence-corrected chi connectivity index (χ1v) is 25.3. The fraction of sp³-hybridized carbons (Fsp3) is 0. The van der Waals surface area contributed by atoms with E-state index in [0.29, 0.717) is 0 Å². The van der Waals surface area contributed by atoms with E-state index in [9.17, 15) is 0 Å². The molecule has 15 aromatic rings. The van der Waals surface area contributed by atoms with Gasteiger partial charge < -0.3 is 0 Å². The van der Waals surface area contributed by atoms with Gasteiger partial charge in [-0.3, -0.25) is 0 Å². The highest BCUT2D eigenvalue weighted by atomic mass is 14.2. The molecular weight excluding hydrogens is 862 g/mol. The Morgan fingerprint density at radius 1 is 0.139 bits per heavy atom. The minimum absolute atomic E-state index is 0.184. The smallest absolute Gasteiger partial charge is 0.0617 e. The van der Waals surface area contributed by atoms with E-state index in [4.69, 9.17) is 0 Å². The summed E-state index contributed by atoms with van der Waals surface area (Å²) in [6, 6.07) is 101. The molecule has 0 N–H and O–H groups in total. The molecule has 72 heavy (non-hydrogen) atoms. The zero-order valence-electron chi connectivity index (χ0n) is 39.6. The first kappa shape index (κ1) is 40.9. The number of benzene rings is 15. The van der Waals surface area contributed by atoms with Gasteiger partial charge in [0.25, 0.3) is 0 Å². The highest BCUT2D eigenvalue weighted by molar-refractivity contribution is 7.06. The third-order valence-electron chi connectivity index (χ3n) is 16.0. The molecule has 0 aromatic heterocycles. The molecule has 15 aromatic carbocycles. The summed E-state index contributed by atoms with van der Waals surface area (Å²) in [5, 5.41) is 25.3. The second-order valence-corrected chi connectivity index (χ2v) is 19.7. The first-order valence-electron chi connectivity index (χ1n) is 25.3. The zero-order valence-corrected chi connectivity index (χ0v) is 39.6. The molecule has 0 unspecified atom stereocenters. The maximum atomic E-state index is 2.44. The SMILES string of the molecule is c1ccc2c(B(c3c4ccccc4cc4ccccc34)c3c4ccccc4c(B(c4c5ccccc5cc5ccccc45)c4c5ccccc5cc5ccccc45)c4ccccc34)c3ccccc3cc2c1. The van der Waals surface area contributed by atoms with Crippen molar-refractivity contribution >= 4 is 154 Å². The molecule has 0 saturated heterocycles. The molecule has 0 aliphatic rings. The Labute approximate surface area is 418 Å². The standard InChI is InChI=1S/C70H44B2/c1-9-29-53-45(21-1)41-46-22-2-10-30-54(46)65(53)71(66-55-31-11-3-23-47(55)42-48-24-4-12-32-56(48)66)69-61-37-17-19-39-63(61)70(64-40-20-18-38-62(64)69)72(67-57-33-13-5-25-49(57)43-50-26-6-14-34-58(50)67)68-59-35-15-7-27-51(59)44-52-28-8-16-36-60(52)68/h1-44H. The van der Waals surface area contributed by atoms with E-state index in [1.54, 1.807) is 0 Å². The third kappa shape index (κ3) is 6.15. The van der Waals surface area contributed by atoms with Crippen molar-refractivity contribution in [2.24, 2.45) is 0 Å². The van der Waals surface area contributed by atoms with Gasteiger partial charge in [-0.05, 0) is 132 Å². The van der Waals surface area contributed by atoms with Crippen molar-refractivity contribution in [3.05, 3.63) is 267 Å². The van der Waals surface area contributed by atoms with E-state index in [0.717, 1.165) is 0 Å². The average Bonchev–Trinajstić information content (AvgIpc) is 3.44. The Hall–Kier alpha value is -8.97. The van der Waals surface area contributed by atoms with Gasteiger partial charge in [0, 0.05) is 0 Å². The third-order valence-corrected chi connectivity index (χ3v) is 16.0. The predicted octanol–water partition coefficient (Wildman–Crippen LogP) is 14.3. The first-order chi connectivity index (χ1) is 35.8. The number of fused-ring (bicyclic) bond motifs is 10. The van der Waals surface area contributed by atoms with Crippen LogP contribution in [0, 0.1) is 0 Å². The van der Waals surface area contributed by atoms with Crippen LogP contribution in [0.25, 0.3) is 108 Å². The minimum Gasteiger partial charge on any atom is -0.0617 e. The van der Waals surface area contributed by atoms with Crippen LogP contribution < -0.4 is 32.8 Å². The molecular formula is C70H44B2. The lowest BCUT2D eigenvalue weighted by atomic mass is 9.31. The van der Waals surface area contributed by atoms with Gasteiger partial charge in [0.15, 0.2) is 0 Å². The topological polar surface area (TPSA) is 0 Å². The summed E-state index contributed by atoms with van der Waals surface area (Å²) < 4.78 is 0. The monoisotopic (exact) mass is 906 g/mol. The van der Waals surface area contributed by atoms with E-state index in [-0.39, 0.29) is 13.4 Å². The Morgan fingerprint density at radius 2 is 0.264 bits per heavy atom. The van der Waals surface area contributed by atoms with Crippen molar-refractivity contribution in [1.82, 2.24) is 0 Å². The molecule has 0 radical (unpaired) electrons. The number of hydrogen-bond donors (Lipinski definition) is 0. The summed E-state index contributed by atoms with van der Waals surface area (Å²) >= 11 is 0. The van der Waals surface area contributed by atoms with E-state index in [1.165, 1.54) is 141 Å². The highest BCUT2D eigenvalue weighted by Crippen LogP contribution is 2.32. The summed E-state index contributed by atoms with van der Waals surface area (Å²) in [5.74, 6) is 0. The van der Waals surface area contributed by atoms with Crippen LogP contribution in [0.1, 0.15) is 0 Å². The molecule has 0 saturated carbocycles. The minimum atomic E-state index is -0.184. The van der Waals surface area contributed by atoms with Crippen LogP contribution in [0.5, 0.6) is 0 Å². The summed E-state index contributed by atoms with van der Waals surface area (Å²) in [6.45, 7) is -0.368. The molecule has 0 atom stereocenters. The molecule has 0 fully saturated rings. The van der Waals surface area contributed by atoms with Gasteiger partial charge in [0.2, 0.25) is 13.4 Å². The lowest BCUT2D eigenvalue weighted by molar-refractivity contribution is 1.76. The lowest BCUT2D eigenvalue weighted by Gasteiger charge is -2.30. The fourth-order valence-electron chi connectivity index (χ4n) is 13.1. The van der Waals surface area contributed by atoms with Crippen LogP contribution >= 0.6 is 0 Å². The van der Waals surface area contributed by atoms with Crippen molar-refractivity contribution in [2.75, 3.05) is 0 Å². The van der Waals surface area contributed by atoms with Crippen LogP contribution in [0.4, 0.5) is 0 Å². The van der Waals surface area contributed by atoms with Crippen molar-refractivity contribution in [1.29, 1.82) is 0 Å². The number of rotatable bonds is 6. The quantitative estimate of drug-likeness (QED) is 0.115. The molecule has 330 valence electrons. The number of hydrogen-bond acceptors (Lipinski definition) is 0. The van der Waals surface area contributed by atoms with Crippen molar-refractivity contribution < 1.29 is 0 Å². The average molecular weight is 907 g/mol. The molecule has 0 spiro atoms. The summed E-state index contributed by atoms with van der Waals surface area (Å²) in [7, 11) is 0. The van der Waals surface area contributed by atoms with E-state index < -0.39 is 0 Å². The summed E-state index contributed by atoms with van der Waals surface area (Å²) in [6.07, 6.45) is 0. The fourth-order valence-corrected chi connectivity index (χ4v) is 13.1. The Bertz CT molecular complexity index is 3910. The highest BCUT2D eigenvalue weighted by Gasteiger charge is 2.37. The van der Waals surface area contributed by atoms with Crippen LogP contribution in [0.3, 0.4) is 0 Å². The van der Waals surface area contributed by atoms with Gasteiger partial charge in [0.1, 0.15) is 0 Å². The molecule has 0 heterocycles. The molecule has 2 heteroatoms. The van der Waals surface area contributed by atoms with Gasteiger partial charge in [-0.1, -0.05) is 275 Å². The Kier molecular flexibility index (Phi) is 9.26. The van der Waals surface area contributed by atoms with E-state index in [2.05, 4.69) is 267 Å². The van der Waals surface area contributed by atoms with Gasteiger partial charge in [0.05, 0.1) is 0 Å². The maximum absolute atomic E-state index is 2.44.